The maximum atomic E-state index is 11.4. The summed E-state index contributed by atoms with van der Waals surface area (Å²) in [7, 11) is 0. The fraction of sp³-hybridized carbons (Fsp3) is 0.682. The van der Waals surface area contributed by atoms with Crippen molar-refractivity contribution in [1.82, 2.24) is 4.90 Å². The number of phenolic OH excluding ortho intramolecular Hbond substituents is 1. The average Bonchev–Trinajstić information content (AvgIpc) is 2.75. The summed E-state index contributed by atoms with van der Waals surface area (Å²) in [5.41, 5.74) is 1.86. The number of carboxylic acids is 1. The highest BCUT2D eigenvalue weighted by atomic mass is 16.7. The lowest BCUT2D eigenvalue weighted by Crippen LogP contribution is -2.61. The Morgan fingerprint density at radius 1 is 1.19 bits per heavy atom. The molecule has 0 radical (unpaired) electrons. The molecule has 2 unspecified atom stereocenters. The van der Waals surface area contributed by atoms with Gasteiger partial charge in [-0.15, -0.1) is 0 Å². The monoisotopic (exact) mass is 437 g/mol. The van der Waals surface area contributed by atoms with Crippen molar-refractivity contribution in [2.24, 2.45) is 5.92 Å². The number of hydrogen-bond donors (Lipinski definition) is 5. The van der Waals surface area contributed by atoms with Crippen LogP contribution in [0.15, 0.2) is 12.1 Å². The number of likely N-dealkylation sites (tertiary alicyclic amines) is 1. The van der Waals surface area contributed by atoms with Gasteiger partial charge in [0.1, 0.15) is 18.3 Å². The number of aliphatic hydroxyl groups excluding tert-OH is 3. The first kappa shape index (κ1) is 22.3. The summed E-state index contributed by atoms with van der Waals surface area (Å²) in [5.74, 6) is -1.07. The van der Waals surface area contributed by atoms with Crippen molar-refractivity contribution in [1.29, 1.82) is 0 Å². The number of nitrogens with zero attached hydrogens (tertiary/aromatic N) is 1. The molecule has 9 nitrogen and oxygen atoms in total. The maximum absolute atomic E-state index is 11.4. The molecule has 0 amide bonds. The zero-order valence-corrected chi connectivity index (χ0v) is 17.6. The van der Waals surface area contributed by atoms with Crippen LogP contribution >= 0.6 is 0 Å². The second kappa shape index (κ2) is 8.91. The van der Waals surface area contributed by atoms with Gasteiger partial charge in [-0.3, -0.25) is 4.90 Å². The molecule has 2 heterocycles. The van der Waals surface area contributed by atoms with Crippen LogP contribution < -0.4 is 4.74 Å². The number of aliphatic hydroxyl groups is 3. The molecule has 0 spiro atoms. The molecule has 2 aliphatic heterocycles. The molecule has 31 heavy (non-hydrogen) atoms. The Morgan fingerprint density at radius 3 is 2.68 bits per heavy atom. The number of benzene rings is 1. The molecule has 0 aromatic heterocycles. The quantitative estimate of drug-likeness (QED) is 0.438. The van der Waals surface area contributed by atoms with Gasteiger partial charge in [0.15, 0.2) is 17.6 Å². The van der Waals surface area contributed by atoms with Gasteiger partial charge in [-0.1, -0.05) is 13.0 Å². The van der Waals surface area contributed by atoms with E-state index in [1.54, 1.807) is 0 Å². The fourth-order valence-corrected chi connectivity index (χ4v) is 5.27. The first-order valence-electron chi connectivity index (χ1n) is 11.0. The van der Waals surface area contributed by atoms with E-state index >= 15 is 0 Å². The van der Waals surface area contributed by atoms with Gasteiger partial charge in [0.05, 0.1) is 0 Å². The Labute approximate surface area is 180 Å². The Hall–Kier alpha value is -1.91. The summed E-state index contributed by atoms with van der Waals surface area (Å²) in [5, 5.41) is 50.0. The minimum Gasteiger partial charge on any atom is -0.504 e. The molecule has 2 fully saturated rings. The zero-order chi connectivity index (χ0) is 22.3. The molecule has 5 N–H and O–H groups in total. The van der Waals surface area contributed by atoms with Crippen LogP contribution in [-0.4, -0.2) is 86.2 Å². The van der Waals surface area contributed by atoms with Crippen LogP contribution in [-0.2, 0) is 22.4 Å². The van der Waals surface area contributed by atoms with E-state index in [2.05, 4.69) is 11.8 Å². The summed E-state index contributed by atoms with van der Waals surface area (Å²) in [6, 6.07) is 3.84. The van der Waals surface area contributed by atoms with E-state index in [9.17, 15) is 30.3 Å². The van der Waals surface area contributed by atoms with E-state index < -0.39 is 36.7 Å². The molecule has 1 aromatic rings. The lowest BCUT2D eigenvalue weighted by molar-refractivity contribution is -0.271. The molecule has 2 saturated heterocycles. The van der Waals surface area contributed by atoms with Gasteiger partial charge in [-0.05, 0) is 62.7 Å². The number of piperidine rings is 1. The van der Waals surface area contributed by atoms with Crippen molar-refractivity contribution in [3.63, 3.8) is 0 Å². The smallest absolute Gasteiger partial charge is 0.335 e. The molecule has 9 heteroatoms. The Balaban J connectivity index is 1.61. The molecule has 172 valence electrons. The Kier molecular flexibility index (Phi) is 6.41. The predicted molar refractivity (Wildman–Crippen MR) is 109 cm³/mol. The fourth-order valence-electron chi connectivity index (χ4n) is 5.27. The van der Waals surface area contributed by atoms with Crippen LogP contribution in [0.5, 0.6) is 11.5 Å². The number of carbonyl (C=O) groups is 1. The number of hydrogen-bond acceptors (Lipinski definition) is 8. The highest BCUT2D eigenvalue weighted by Crippen LogP contribution is 2.43. The molecule has 3 aliphatic rings. The first-order chi connectivity index (χ1) is 14.8. The third-order valence-electron chi connectivity index (χ3n) is 6.82. The van der Waals surface area contributed by atoms with Crippen LogP contribution in [0.25, 0.3) is 0 Å². The van der Waals surface area contributed by atoms with Crippen molar-refractivity contribution in [3.05, 3.63) is 23.3 Å². The van der Waals surface area contributed by atoms with E-state index in [-0.39, 0.29) is 11.5 Å². The largest absolute Gasteiger partial charge is 0.504 e. The molecule has 7 atom stereocenters. The van der Waals surface area contributed by atoms with Gasteiger partial charge < -0.3 is 35.0 Å². The van der Waals surface area contributed by atoms with E-state index in [1.807, 2.05) is 6.07 Å². The number of fused-ring (bicyclic) bond motifs is 2. The highest BCUT2D eigenvalue weighted by molar-refractivity contribution is 5.73. The molecule has 4 rings (SSSR count). The molecule has 1 aromatic carbocycles. The maximum Gasteiger partial charge on any atom is 0.335 e. The topological polar surface area (TPSA) is 140 Å². The highest BCUT2D eigenvalue weighted by Gasteiger charge is 2.48. The van der Waals surface area contributed by atoms with E-state index in [0.717, 1.165) is 49.9 Å². The zero-order valence-electron chi connectivity index (χ0n) is 17.6. The number of aromatic hydroxyl groups is 1. The van der Waals surface area contributed by atoms with Crippen molar-refractivity contribution in [3.8, 4) is 11.5 Å². The molecular formula is C22H31NO8. The van der Waals surface area contributed by atoms with Crippen LogP contribution in [0.4, 0.5) is 0 Å². The number of aliphatic carboxylic acids is 1. The molecule has 1 aliphatic carbocycles. The summed E-state index contributed by atoms with van der Waals surface area (Å²) in [6.45, 7) is 4.32. The Morgan fingerprint density at radius 2 is 1.97 bits per heavy atom. The van der Waals surface area contributed by atoms with Crippen molar-refractivity contribution in [2.45, 2.75) is 75.8 Å². The molecular weight excluding hydrogens is 406 g/mol. The number of ether oxygens (including phenoxy) is 2. The predicted octanol–water partition coefficient (Wildman–Crippen LogP) is 0.252. The lowest BCUT2D eigenvalue weighted by atomic mass is 9.75. The van der Waals surface area contributed by atoms with Gasteiger partial charge in [0.25, 0.3) is 0 Å². The van der Waals surface area contributed by atoms with Gasteiger partial charge in [-0.2, -0.15) is 0 Å². The summed E-state index contributed by atoms with van der Waals surface area (Å²) < 4.78 is 11.0. The SMILES string of the molecule is CCCN1CCC[C@@H]2Cc3c(ccc(O)c3OC3O[C@H](C(=O)O)[C@@H](O)[C@H](O)[C@H]3O)CC21. The number of carboxylic acid groups (broad SMARTS) is 1. The van der Waals surface area contributed by atoms with Gasteiger partial charge >= 0.3 is 5.97 Å². The second-order valence-corrected chi connectivity index (χ2v) is 8.82. The normalized spacial score (nSPS) is 35.8. The van der Waals surface area contributed by atoms with Crippen molar-refractivity contribution < 1.29 is 39.8 Å². The summed E-state index contributed by atoms with van der Waals surface area (Å²) >= 11 is 0. The van der Waals surface area contributed by atoms with Crippen LogP contribution in [0.2, 0.25) is 0 Å². The summed E-state index contributed by atoms with van der Waals surface area (Å²) in [4.78, 5) is 13.9. The third-order valence-corrected chi connectivity index (χ3v) is 6.82. The third kappa shape index (κ3) is 4.12. The molecule has 0 bridgehead atoms. The second-order valence-electron chi connectivity index (χ2n) is 8.82. The van der Waals surface area contributed by atoms with Crippen LogP contribution in [0.1, 0.15) is 37.3 Å². The first-order valence-corrected chi connectivity index (χ1v) is 11.0. The van der Waals surface area contributed by atoms with Gasteiger partial charge in [0, 0.05) is 11.6 Å². The van der Waals surface area contributed by atoms with Crippen LogP contribution in [0.3, 0.4) is 0 Å². The lowest BCUT2D eigenvalue weighted by Gasteiger charge is -2.45. The summed E-state index contributed by atoms with van der Waals surface area (Å²) in [6.07, 6.45) is -3.72. The van der Waals surface area contributed by atoms with Gasteiger partial charge in [0.2, 0.25) is 6.29 Å². The van der Waals surface area contributed by atoms with E-state index in [4.69, 9.17) is 9.47 Å². The minimum absolute atomic E-state index is 0.137. The van der Waals surface area contributed by atoms with Gasteiger partial charge in [-0.25, -0.2) is 4.79 Å². The van der Waals surface area contributed by atoms with E-state index in [0.29, 0.717) is 18.4 Å². The van der Waals surface area contributed by atoms with Crippen molar-refractivity contribution in [2.75, 3.05) is 13.1 Å². The van der Waals surface area contributed by atoms with E-state index in [1.165, 1.54) is 6.07 Å². The standard InChI is InChI=1S/C22H31NO8/c1-2-7-23-8-3-4-12-9-13-11(10-14(12)23)5-6-15(24)19(13)30-22-18(27)16(25)17(26)20(31-22)21(28)29/h5-6,12,14,16-18,20,22,24-27H,2-4,7-10H2,1H3,(H,28,29)/t12-,14?,16+,17+,18-,20+,22?/m1/s1. The number of phenols is 1. The number of rotatable bonds is 5. The van der Waals surface area contributed by atoms with Crippen LogP contribution in [0, 0.1) is 5.92 Å². The average molecular weight is 437 g/mol. The Bertz CT molecular complexity index is 815. The molecule has 0 saturated carbocycles. The minimum atomic E-state index is -1.79. The van der Waals surface area contributed by atoms with Crippen molar-refractivity contribution >= 4 is 5.97 Å².